The second-order valence-corrected chi connectivity index (χ2v) is 5.34. The Labute approximate surface area is 105 Å². The first-order chi connectivity index (χ1) is 8.12. The molecule has 0 unspecified atom stereocenters. The Bertz CT molecular complexity index is 218. The Morgan fingerprint density at radius 1 is 0.765 bits per heavy atom. The summed E-state index contributed by atoms with van der Waals surface area (Å²) in [6, 6.07) is 0. The smallest absolute Gasteiger partial charge is 0.178 e. The van der Waals surface area contributed by atoms with Crippen LogP contribution in [-0.4, -0.2) is 37.9 Å². The van der Waals surface area contributed by atoms with Gasteiger partial charge in [0.2, 0.25) is 0 Å². The zero-order chi connectivity index (χ0) is 12.2. The molecule has 0 aliphatic carbocycles. The fraction of sp³-hybridized carbons (Fsp3) is 1.00. The molecule has 0 aromatic rings. The van der Waals surface area contributed by atoms with E-state index in [1.54, 1.807) is 0 Å². The van der Waals surface area contributed by atoms with Crippen LogP contribution in [0.2, 0.25) is 0 Å². The third-order valence-corrected chi connectivity index (χ3v) is 4.03. The lowest BCUT2D eigenvalue weighted by molar-refractivity contribution is -0.0332. The fourth-order valence-corrected chi connectivity index (χ4v) is 2.60. The highest BCUT2D eigenvalue weighted by Gasteiger charge is 2.30. The average molecular weight is 262 g/mol. The molecule has 0 radical (unpaired) electrons. The van der Waals surface area contributed by atoms with Crippen molar-refractivity contribution < 1.29 is 9.05 Å². The molecular formula is C10H23N4O2P. The van der Waals surface area contributed by atoms with Crippen molar-refractivity contribution in [3.8, 4) is 0 Å². The topological polar surface area (TPSA) is 66.6 Å². The summed E-state index contributed by atoms with van der Waals surface area (Å²) in [4.78, 5) is 0. The first kappa shape index (κ1) is 13.6. The van der Waals surface area contributed by atoms with Gasteiger partial charge in [0.05, 0.1) is 0 Å². The first-order valence-electron chi connectivity index (χ1n) is 6.23. The first-order valence-corrected chi connectivity index (χ1v) is 7.05. The summed E-state index contributed by atoms with van der Waals surface area (Å²) in [7, 11) is -0.0139. The van der Waals surface area contributed by atoms with E-state index in [0.717, 1.165) is 39.0 Å². The number of nitrogens with one attached hydrogen (secondary N) is 4. The molecule has 7 heteroatoms. The zero-order valence-corrected chi connectivity index (χ0v) is 11.6. The van der Waals surface area contributed by atoms with Gasteiger partial charge in [0.15, 0.2) is 20.7 Å². The van der Waals surface area contributed by atoms with Crippen molar-refractivity contribution in [2.75, 3.05) is 26.2 Å². The van der Waals surface area contributed by atoms with Gasteiger partial charge in [-0.25, -0.2) is 0 Å². The molecule has 0 amide bonds. The van der Waals surface area contributed by atoms with Gasteiger partial charge in [-0.05, 0) is 26.7 Å². The van der Waals surface area contributed by atoms with Crippen molar-refractivity contribution in [2.24, 2.45) is 0 Å². The van der Waals surface area contributed by atoms with Crippen molar-refractivity contribution >= 4 is 9.03 Å². The predicted molar refractivity (Wildman–Crippen MR) is 68.5 cm³/mol. The molecule has 0 aromatic heterocycles. The van der Waals surface area contributed by atoms with Gasteiger partial charge in [0.25, 0.3) is 0 Å². The van der Waals surface area contributed by atoms with Gasteiger partial charge in [-0.15, -0.1) is 0 Å². The second kappa shape index (κ2) is 5.89. The van der Waals surface area contributed by atoms with Crippen LogP contribution in [0.5, 0.6) is 0 Å². The molecule has 2 saturated heterocycles. The fourth-order valence-electron chi connectivity index (χ4n) is 1.94. The summed E-state index contributed by atoms with van der Waals surface area (Å²) in [6.45, 7) is 7.88. The van der Waals surface area contributed by atoms with Crippen LogP contribution in [0, 0.1) is 0 Å². The van der Waals surface area contributed by atoms with Crippen LogP contribution in [-0.2, 0) is 9.05 Å². The molecule has 2 rings (SSSR count). The second-order valence-electron chi connectivity index (χ2n) is 4.77. The Morgan fingerprint density at radius 3 is 1.47 bits per heavy atom. The minimum Gasteiger partial charge on any atom is -0.301 e. The van der Waals surface area contributed by atoms with Gasteiger partial charge >= 0.3 is 0 Å². The lowest BCUT2D eigenvalue weighted by Crippen LogP contribution is -2.61. The normalized spacial score (nSPS) is 27.9. The standard InChI is InChI=1S/C10H23N4O2P/c1-9(11-5-3-6-12-9)15-17-16-10(2)13-7-4-8-14-10/h11-14,17H,3-8H2,1-2H3. The third-order valence-electron chi connectivity index (χ3n) is 3.05. The summed E-state index contributed by atoms with van der Waals surface area (Å²) in [5.74, 6) is -0.913. The molecule has 6 nitrogen and oxygen atoms in total. The van der Waals surface area contributed by atoms with Crippen LogP contribution in [0.25, 0.3) is 0 Å². The van der Waals surface area contributed by atoms with E-state index in [2.05, 4.69) is 21.3 Å². The number of hydrogen-bond acceptors (Lipinski definition) is 6. The van der Waals surface area contributed by atoms with Crippen LogP contribution in [0.3, 0.4) is 0 Å². The van der Waals surface area contributed by atoms with Crippen LogP contribution in [0.1, 0.15) is 26.7 Å². The van der Waals surface area contributed by atoms with Crippen molar-refractivity contribution in [1.82, 2.24) is 21.3 Å². The maximum absolute atomic E-state index is 5.74. The quantitative estimate of drug-likeness (QED) is 0.537. The van der Waals surface area contributed by atoms with Crippen LogP contribution in [0.4, 0.5) is 0 Å². The largest absolute Gasteiger partial charge is 0.301 e. The Kier molecular flexibility index (Phi) is 4.72. The molecular weight excluding hydrogens is 239 g/mol. The number of hydrogen-bond donors (Lipinski definition) is 4. The van der Waals surface area contributed by atoms with Crippen LogP contribution in [0.15, 0.2) is 0 Å². The molecule has 17 heavy (non-hydrogen) atoms. The summed E-state index contributed by atoms with van der Waals surface area (Å²) in [5, 5.41) is 13.2. The Hall–Kier alpha value is 0.190. The van der Waals surface area contributed by atoms with E-state index in [4.69, 9.17) is 9.05 Å². The molecule has 4 N–H and O–H groups in total. The molecule has 100 valence electrons. The minimum absolute atomic E-state index is 0.0139. The van der Waals surface area contributed by atoms with Crippen molar-refractivity contribution in [3.05, 3.63) is 0 Å². The highest BCUT2D eigenvalue weighted by molar-refractivity contribution is 7.26. The van der Waals surface area contributed by atoms with E-state index >= 15 is 0 Å². The van der Waals surface area contributed by atoms with Gasteiger partial charge < -0.3 is 9.05 Å². The van der Waals surface area contributed by atoms with Crippen molar-refractivity contribution in [3.63, 3.8) is 0 Å². The van der Waals surface area contributed by atoms with Gasteiger partial charge in [-0.1, -0.05) is 0 Å². The van der Waals surface area contributed by atoms with Gasteiger partial charge in [0.1, 0.15) is 0 Å². The van der Waals surface area contributed by atoms with E-state index in [1.165, 1.54) is 0 Å². The van der Waals surface area contributed by atoms with E-state index in [1.807, 2.05) is 13.8 Å². The SMILES string of the molecule is CC1(OPOC2(C)NCCCN2)NCCCN1. The maximum Gasteiger partial charge on any atom is 0.178 e. The lowest BCUT2D eigenvalue weighted by atomic mass is 10.3. The van der Waals surface area contributed by atoms with E-state index in [0.29, 0.717) is 0 Å². The summed E-state index contributed by atoms with van der Waals surface area (Å²) < 4.78 is 11.5. The van der Waals surface area contributed by atoms with Gasteiger partial charge in [-0.2, -0.15) is 0 Å². The zero-order valence-electron chi connectivity index (χ0n) is 10.6. The maximum atomic E-state index is 5.74. The van der Waals surface area contributed by atoms with E-state index in [9.17, 15) is 0 Å². The number of rotatable bonds is 4. The third kappa shape index (κ3) is 4.10. The molecule has 0 atom stereocenters. The summed E-state index contributed by atoms with van der Waals surface area (Å²) in [6.07, 6.45) is 2.26. The highest BCUT2D eigenvalue weighted by atomic mass is 31.1. The molecule has 0 bridgehead atoms. The molecule has 2 aliphatic heterocycles. The Morgan fingerprint density at radius 2 is 1.12 bits per heavy atom. The molecule has 0 spiro atoms. The van der Waals surface area contributed by atoms with Crippen molar-refractivity contribution in [1.29, 1.82) is 0 Å². The van der Waals surface area contributed by atoms with Crippen LogP contribution >= 0.6 is 9.03 Å². The van der Waals surface area contributed by atoms with Gasteiger partial charge in [0, 0.05) is 26.2 Å². The summed E-state index contributed by atoms with van der Waals surface area (Å²) in [5.41, 5.74) is 0. The monoisotopic (exact) mass is 262 g/mol. The highest BCUT2D eigenvalue weighted by Crippen LogP contribution is 2.27. The van der Waals surface area contributed by atoms with E-state index in [-0.39, 0.29) is 9.03 Å². The molecule has 2 fully saturated rings. The molecule has 0 aromatic carbocycles. The minimum atomic E-state index is -0.457. The summed E-state index contributed by atoms with van der Waals surface area (Å²) >= 11 is 0. The lowest BCUT2D eigenvalue weighted by Gasteiger charge is -2.38. The molecule has 2 aliphatic rings. The average Bonchev–Trinajstić information content (AvgIpc) is 2.30. The van der Waals surface area contributed by atoms with Gasteiger partial charge in [-0.3, -0.25) is 21.3 Å². The Balaban J connectivity index is 1.70. The molecule has 2 heterocycles. The predicted octanol–water partition coefficient (Wildman–Crippen LogP) is 0.0413. The van der Waals surface area contributed by atoms with E-state index < -0.39 is 11.7 Å². The molecule has 0 saturated carbocycles. The van der Waals surface area contributed by atoms with Crippen molar-refractivity contribution in [2.45, 2.75) is 38.4 Å². The van der Waals surface area contributed by atoms with Crippen LogP contribution < -0.4 is 21.3 Å².